The SMILES string of the molecule is C.C.COC[C@]12CC[C@@](C)(O)C[C@@H]1CC[C@H]1[C@@H]3CC[C@H](C(=O)CBr)[C@@]3(C)CC[C@@H]12.COC[C@]12CC[C@@](C)(O)C[C@@H]1CC[C@H]1[C@@H]3CC[C@H](C(=O)Cn4cc(OC)cn4)[C@@]3(C)CC[C@@H]12.COc1cn[nH]c1. The average molecular weight is 1030 g/mol. The summed E-state index contributed by atoms with van der Waals surface area (Å²) in [6.07, 6.45) is 26.8. The molecule has 0 aliphatic heterocycles. The van der Waals surface area contributed by atoms with Gasteiger partial charge in [-0.1, -0.05) is 44.6 Å². The first-order valence-corrected chi connectivity index (χ1v) is 27.2. The van der Waals surface area contributed by atoms with Gasteiger partial charge in [-0.05, 0) is 198 Å². The number of aromatic amines is 1. The van der Waals surface area contributed by atoms with Crippen LogP contribution in [0.15, 0.2) is 24.8 Å². The smallest absolute Gasteiger partial charge is 0.157 e. The molecule has 0 radical (unpaired) electrons. The number of carbonyl (C=O) groups is 2. The molecular formula is C56H93BrN4O8. The minimum Gasteiger partial charge on any atom is -0.493 e. The summed E-state index contributed by atoms with van der Waals surface area (Å²) in [4.78, 5) is 26.1. The summed E-state index contributed by atoms with van der Waals surface area (Å²) in [6, 6.07) is 0. The van der Waals surface area contributed by atoms with Crippen LogP contribution in [-0.2, 0) is 25.6 Å². The highest BCUT2D eigenvalue weighted by molar-refractivity contribution is 9.09. The van der Waals surface area contributed by atoms with E-state index in [1.54, 1.807) is 37.5 Å². The van der Waals surface area contributed by atoms with Gasteiger partial charge in [0.15, 0.2) is 17.3 Å². The first-order valence-electron chi connectivity index (χ1n) is 26.1. The monoisotopic (exact) mass is 1030 g/mol. The molecule has 12 nitrogen and oxygen atoms in total. The molecule has 0 saturated heterocycles. The number of ketones is 2. The molecule has 0 bridgehead atoms. The first kappa shape index (κ1) is 56.0. The molecule has 8 fully saturated rings. The van der Waals surface area contributed by atoms with Gasteiger partial charge >= 0.3 is 0 Å². The van der Waals surface area contributed by atoms with Crippen LogP contribution < -0.4 is 9.47 Å². The number of hydrogen-bond donors (Lipinski definition) is 3. The standard InChI is InChI=1S/C27H42N2O4.C23H37BrO3.C4H6N2O.2CH4/c1-25(31)11-12-27(17-32-3)18(13-25)5-6-20-21-7-8-23(26(21,2)10-9-22(20)27)24(30)16-29-15-19(33-4)14-28-29;1-21(26)10-11-23(14-27-3)15(12-21)4-5-16-17-6-7-19(20(25)13-24)22(17,2)9-8-18(16)23;1-7-4-2-5-6-3-4;;/h14-15,18,20-23,31H,5-13,16-17H2,1-4H3;15-19,26H,4-14H2,1-3H3;2-3H,1H3,(H,5,6);2*1H4/t18-,20-,21-,22-,23+,25+,26-,27+;15-,16-,17-,18-,19+,21+,22-,23+;;;/m00.../s1. The van der Waals surface area contributed by atoms with E-state index in [0.717, 1.165) is 82.7 Å². The van der Waals surface area contributed by atoms with E-state index in [2.05, 4.69) is 45.1 Å². The topological polar surface area (TPSA) is 158 Å². The van der Waals surface area contributed by atoms with Crippen LogP contribution >= 0.6 is 15.9 Å². The lowest BCUT2D eigenvalue weighted by Crippen LogP contribution is -2.58. The number of halogens is 1. The number of H-pyrrole nitrogens is 1. The maximum atomic E-state index is 13.4. The lowest BCUT2D eigenvalue weighted by Gasteiger charge is -2.62. The third-order valence-electron chi connectivity index (χ3n) is 20.9. The second-order valence-corrected chi connectivity index (χ2v) is 24.7. The number of Topliss-reactive ketones (excluding diaryl/α,β-unsaturated/α-hetero) is 2. The predicted octanol–water partition coefficient (Wildman–Crippen LogP) is 11.2. The number of nitrogens with one attached hydrogen (secondary N) is 1. The lowest BCUT2D eigenvalue weighted by molar-refractivity contribution is -0.175. The summed E-state index contributed by atoms with van der Waals surface area (Å²) in [5.41, 5.74) is -0.283. The van der Waals surface area contributed by atoms with Crippen LogP contribution in [0.25, 0.3) is 0 Å². The quantitative estimate of drug-likeness (QED) is 0.185. The number of rotatable bonds is 11. The van der Waals surface area contributed by atoms with Gasteiger partial charge < -0.3 is 29.2 Å². The van der Waals surface area contributed by atoms with Crippen LogP contribution in [0.1, 0.15) is 158 Å². The average Bonchev–Trinajstić information content (AvgIpc) is 4.13. The number of carbonyl (C=O) groups excluding carboxylic acids is 2. The lowest BCUT2D eigenvalue weighted by atomic mass is 9.43. The maximum absolute atomic E-state index is 13.4. The number of methoxy groups -OCH3 is 4. The second-order valence-electron chi connectivity index (χ2n) is 24.2. The molecule has 0 amide bonds. The molecule has 69 heavy (non-hydrogen) atoms. The van der Waals surface area contributed by atoms with Gasteiger partial charge in [-0.15, -0.1) is 0 Å². The van der Waals surface area contributed by atoms with Crippen molar-refractivity contribution in [3.63, 3.8) is 0 Å². The normalized spacial score (nSPS) is 42.5. The van der Waals surface area contributed by atoms with Crippen LogP contribution in [0.4, 0.5) is 0 Å². The van der Waals surface area contributed by atoms with Crippen molar-refractivity contribution in [3.8, 4) is 11.5 Å². The molecular weight excluding hydrogens is 937 g/mol. The summed E-state index contributed by atoms with van der Waals surface area (Å²) in [7, 11) is 6.94. The van der Waals surface area contributed by atoms with Crippen molar-refractivity contribution in [1.82, 2.24) is 20.0 Å². The molecule has 392 valence electrons. The predicted molar refractivity (Wildman–Crippen MR) is 275 cm³/mol. The van der Waals surface area contributed by atoms with Crippen molar-refractivity contribution in [2.24, 2.45) is 80.8 Å². The molecule has 2 heterocycles. The van der Waals surface area contributed by atoms with E-state index in [0.29, 0.717) is 70.6 Å². The number of aromatic nitrogens is 4. The van der Waals surface area contributed by atoms with Gasteiger partial charge in [0.25, 0.3) is 0 Å². The van der Waals surface area contributed by atoms with Crippen molar-refractivity contribution in [3.05, 3.63) is 24.8 Å². The van der Waals surface area contributed by atoms with E-state index < -0.39 is 11.2 Å². The first-order chi connectivity index (χ1) is 31.9. The molecule has 3 N–H and O–H groups in total. The molecule has 2 aromatic rings. The van der Waals surface area contributed by atoms with E-state index in [9.17, 15) is 19.8 Å². The van der Waals surface area contributed by atoms with Crippen LogP contribution in [0.2, 0.25) is 0 Å². The molecule has 8 aliphatic carbocycles. The summed E-state index contributed by atoms with van der Waals surface area (Å²) in [5.74, 6) is 7.86. The molecule has 0 aromatic carbocycles. The summed E-state index contributed by atoms with van der Waals surface area (Å²) in [5, 5.41) is 32.6. The van der Waals surface area contributed by atoms with E-state index in [4.69, 9.17) is 18.9 Å². The molecule has 8 aliphatic rings. The fourth-order valence-corrected chi connectivity index (χ4v) is 18.3. The van der Waals surface area contributed by atoms with Gasteiger partial charge in [0.1, 0.15) is 5.78 Å². The van der Waals surface area contributed by atoms with E-state index >= 15 is 0 Å². The van der Waals surface area contributed by atoms with Crippen LogP contribution in [-0.4, -0.2) is 99.9 Å². The van der Waals surface area contributed by atoms with Crippen molar-refractivity contribution >= 4 is 27.5 Å². The Bertz CT molecular complexity index is 1990. The molecule has 13 heteroatoms. The molecule has 10 rings (SSSR count). The van der Waals surface area contributed by atoms with Gasteiger partial charge in [0, 0.05) is 26.1 Å². The zero-order valence-corrected chi connectivity index (χ0v) is 43.8. The van der Waals surface area contributed by atoms with Gasteiger partial charge in [0.2, 0.25) is 0 Å². The van der Waals surface area contributed by atoms with Crippen LogP contribution in [0, 0.1) is 80.8 Å². The molecule has 0 unspecified atom stereocenters. The van der Waals surface area contributed by atoms with Crippen molar-refractivity contribution in [1.29, 1.82) is 0 Å². The second kappa shape index (κ2) is 22.0. The van der Waals surface area contributed by atoms with Crippen LogP contribution in [0.5, 0.6) is 11.5 Å². The number of hydrogen-bond acceptors (Lipinski definition) is 10. The Labute approximate surface area is 424 Å². The molecule has 8 saturated carbocycles. The largest absolute Gasteiger partial charge is 0.493 e. The highest BCUT2D eigenvalue weighted by Crippen LogP contribution is 2.70. The van der Waals surface area contributed by atoms with Gasteiger partial charge in [-0.3, -0.25) is 19.4 Å². The Morgan fingerprint density at radius 2 is 1.14 bits per heavy atom. The Balaban J connectivity index is 0.000000196. The highest BCUT2D eigenvalue weighted by atomic mass is 79.9. The zero-order valence-electron chi connectivity index (χ0n) is 42.2. The van der Waals surface area contributed by atoms with Gasteiger partial charge in [-0.25, -0.2) is 0 Å². The molecule has 16 atom stereocenters. The summed E-state index contributed by atoms with van der Waals surface area (Å²) < 4.78 is 23.4. The third-order valence-corrected chi connectivity index (χ3v) is 21.5. The maximum Gasteiger partial charge on any atom is 0.157 e. The van der Waals surface area contributed by atoms with Gasteiger partial charge in [0.05, 0.1) is 75.3 Å². The number of ether oxygens (including phenoxy) is 4. The molecule has 0 spiro atoms. The fraction of sp³-hybridized carbons (Fsp3) is 0.857. The minimum absolute atomic E-state index is 0. The highest BCUT2D eigenvalue weighted by Gasteiger charge is 2.65. The Morgan fingerprint density at radius 1 is 0.652 bits per heavy atom. The number of fused-ring (bicyclic) bond motifs is 10. The number of aliphatic hydroxyl groups is 2. The van der Waals surface area contributed by atoms with E-state index in [1.807, 2.05) is 34.3 Å². The van der Waals surface area contributed by atoms with Crippen molar-refractivity contribution in [2.45, 2.75) is 176 Å². The van der Waals surface area contributed by atoms with Gasteiger partial charge in [-0.2, -0.15) is 10.2 Å². The van der Waals surface area contributed by atoms with Crippen LogP contribution in [0.3, 0.4) is 0 Å². The Hall–Kier alpha value is -2.32. The Kier molecular flexibility index (Phi) is 17.9. The molecule has 2 aromatic heterocycles. The fourth-order valence-electron chi connectivity index (χ4n) is 17.9. The minimum atomic E-state index is -0.530. The zero-order chi connectivity index (χ0) is 48.0. The number of alkyl halides is 1. The Morgan fingerprint density at radius 3 is 1.55 bits per heavy atom. The third kappa shape index (κ3) is 10.4. The van der Waals surface area contributed by atoms with E-state index in [1.165, 1.54) is 57.8 Å². The number of nitrogens with zero attached hydrogens (tertiary/aromatic N) is 3. The van der Waals surface area contributed by atoms with E-state index in [-0.39, 0.29) is 48.3 Å². The summed E-state index contributed by atoms with van der Waals surface area (Å²) in [6.45, 7) is 10.9. The summed E-state index contributed by atoms with van der Waals surface area (Å²) >= 11 is 3.43. The van der Waals surface area contributed by atoms with Crippen molar-refractivity contribution < 1.29 is 38.7 Å². The van der Waals surface area contributed by atoms with Crippen molar-refractivity contribution in [2.75, 3.05) is 47.0 Å².